The summed E-state index contributed by atoms with van der Waals surface area (Å²) in [6.45, 7) is 1.71. The van der Waals surface area contributed by atoms with E-state index in [1.54, 1.807) is 42.5 Å². The van der Waals surface area contributed by atoms with Crippen LogP contribution in [0.3, 0.4) is 0 Å². The van der Waals surface area contributed by atoms with Gasteiger partial charge in [-0.15, -0.1) is 0 Å². The predicted octanol–water partition coefficient (Wildman–Crippen LogP) is 9.18. The first-order chi connectivity index (χ1) is 30.0. The van der Waals surface area contributed by atoms with Crippen molar-refractivity contribution >= 4 is 34.4 Å². The second-order valence-electron chi connectivity index (χ2n) is 17.2. The molecule has 63 heavy (non-hydrogen) atoms. The number of aliphatic carboxylic acids is 1. The molecule has 0 unspecified atom stereocenters. The maximum absolute atomic E-state index is 14.9. The van der Waals surface area contributed by atoms with Crippen molar-refractivity contribution in [1.29, 1.82) is 0 Å². The highest BCUT2D eigenvalue weighted by Gasteiger charge is 2.49. The molecule has 10 rings (SSSR count). The van der Waals surface area contributed by atoms with E-state index in [1.807, 2.05) is 15.9 Å². The number of carbonyl (C=O) groups is 2. The summed E-state index contributed by atoms with van der Waals surface area (Å²) < 4.78 is 106. The summed E-state index contributed by atoms with van der Waals surface area (Å²) in [7, 11) is 1.30. The molecule has 5 aromatic rings. The van der Waals surface area contributed by atoms with Gasteiger partial charge in [-0.25, -0.2) is 4.98 Å². The predicted molar refractivity (Wildman–Crippen MR) is 216 cm³/mol. The normalized spacial score (nSPS) is 22.1. The number of carboxylic acids is 1. The molecule has 2 aliphatic carbocycles. The van der Waals surface area contributed by atoms with Gasteiger partial charge in [-0.3, -0.25) is 19.4 Å². The van der Waals surface area contributed by atoms with Crippen molar-refractivity contribution in [2.45, 2.75) is 81.5 Å². The Morgan fingerprint density at radius 2 is 1.68 bits per heavy atom. The first-order valence-electron chi connectivity index (χ1n) is 20.8. The van der Waals surface area contributed by atoms with Gasteiger partial charge in [0.15, 0.2) is 0 Å². The molecule has 5 aliphatic rings. The maximum atomic E-state index is 14.9. The Kier molecular flexibility index (Phi) is 9.99. The van der Waals surface area contributed by atoms with E-state index in [-0.39, 0.29) is 75.9 Å². The van der Waals surface area contributed by atoms with E-state index >= 15 is 0 Å². The van der Waals surface area contributed by atoms with Gasteiger partial charge in [0, 0.05) is 55.2 Å². The Bertz CT molecular complexity index is 2700. The SMILES string of the molecule is COc1nc(O[C@H]2CCc3c(-c4cccc(-c5cc6cc7c(c(C(F)(F)F)c6o5)CC[C@H]7N5CC[C@@H](C(=O)O)C5)c4Cl)cccc32)c(C(F)(F)F)nc1CN1CC2(CCC(=O)N2)C1. The van der Waals surface area contributed by atoms with Crippen LogP contribution in [0.25, 0.3) is 33.4 Å². The number of fused-ring (bicyclic) bond motifs is 3. The molecule has 2 aromatic heterocycles. The zero-order chi connectivity index (χ0) is 44.2. The van der Waals surface area contributed by atoms with Gasteiger partial charge in [-0.05, 0) is 91.1 Å². The molecule has 3 aromatic carbocycles. The number of benzene rings is 3. The van der Waals surface area contributed by atoms with Crippen LogP contribution in [-0.4, -0.2) is 75.6 Å². The van der Waals surface area contributed by atoms with Crippen molar-refractivity contribution < 1.29 is 54.9 Å². The van der Waals surface area contributed by atoms with Gasteiger partial charge in [-0.1, -0.05) is 41.9 Å². The topological polar surface area (TPSA) is 130 Å². The van der Waals surface area contributed by atoms with E-state index in [9.17, 15) is 41.0 Å². The number of carboxylic acid groups (broad SMARTS) is 1. The van der Waals surface area contributed by atoms with Gasteiger partial charge in [0.2, 0.25) is 23.4 Å². The largest absolute Gasteiger partial charge is 0.481 e. The van der Waals surface area contributed by atoms with E-state index in [0.29, 0.717) is 86.0 Å². The number of likely N-dealkylation sites (tertiary alicyclic amines) is 2. The standard InChI is InChI=1S/C45H40ClF6N5O6/c1-61-40-31(19-56-20-43(21-56)14-12-35(58)55-43)53-39(45(50,51)52)41(54-40)63-33-11-9-25-24(4-2-5-26(25)33)28-6-3-7-29(37(28)46)34-17-23-16-30-27(36(38(23)62-34)44(47,48)49)8-10-32(30)57-15-13-22(18-57)42(59)60/h2-7,16-17,22,32-33H,8-15,18-21H2,1H3,(H,55,58)(H,59,60)/t22-,32-,33+/m1/s1. The highest BCUT2D eigenvalue weighted by molar-refractivity contribution is 6.36. The van der Waals surface area contributed by atoms with Crippen molar-refractivity contribution in [3.8, 4) is 34.2 Å². The molecule has 1 amide bonds. The highest BCUT2D eigenvalue weighted by atomic mass is 35.5. The minimum atomic E-state index is -4.91. The molecule has 11 nitrogen and oxygen atoms in total. The number of ether oxygens (including phenoxy) is 2. The number of furan rings is 1. The quantitative estimate of drug-likeness (QED) is 0.138. The van der Waals surface area contributed by atoms with Crippen LogP contribution in [0.15, 0.2) is 52.9 Å². The first kappa shape index (κ1) is 41.6. The number of alkyl halides is 6. The number of rotatable bonds is 9. The van der Waals surface area contributed by atoms with Gasteiger partial charge in [0.1, 0.15) is 28.7 Å². The van der Waals surface area contributed by atoms with Crippen molar-refractivity contribution in [1.82, 2.24) is 25.1 Å². The number of nitrogens with one attached hydrogen (secondary N) is 1. The molecule has 0 bridgehead atoms. The summed E-state index contributed by atoms with van der Waals surface area (Å²) in [5, 5.41) is 13.0. The number of nitrogens with zero attached hydrogens (tertiary/aromatic N) is 4. The third-order valence-electron chi connectivity index (χ3n) is 13.3. The van der Waals surface area contributed by atoms with E-state index in [0.717, 1.165) is 5.56 Å². The van der Waals surface area contributed by atoms with Crippen LogP contribution in [0.4, 0.5) is 26.3 Å². The van der Waals surface area contributed by atoms with Crippen LogP contribution in [0.1, 0.15) is 83.5 Å². The van der Waals surface area contributed by atoms with E-state index in [4.69, 9.17) is 25.5 Å². The van der Waals surface area contributed by atoms with E-state index < -0.39 is 47.5 Å². The lowest BCUT2D eigenvalue weighted by molar-refractivity contribution is -0.144. The molecule has 3 fully saturated rings. The van der Waals surface area contributed by atoms with Gasteiger partial charge in [0.05, 0.1) is 23.6 Å². The Labute approximate surface area is 361 Å². The molecule has 3 saturated heterocycles. The van der Waals surface area contributed by atoms with Crippen LogP contribution in [0.5, 0.6) is 11.8 Å². The number of halogens is 7. The average Bonchev–Trinajstić information content (AvgIpc) is 4.07. The minimum Gasteiger partial charge on any atom is -0.481 e. The molecule has 3 atom stereocenters. The summed E-state index contributed by atoms with van der Waals surface area (Å²) in [6.07, 6.45) is -7.67. The molecular weight excluding hydrogens is 856 g/mol. The Balaban J connectivity index is 0.945. The van der Waals surface area contributed by atoms with Crippen LogP contribution in [0.2, 0.25) is 5.02 Å². The molecule has 0 saturated carbocycles. The number of hydrogen-bond donors (Lipinski definition) is 2. The van der Waals surface area contributed by atoms with Crippen molar-refractivity contribution in [3.63, 3.8) is 0 Å². The van der Waals surface area contributed by atoms with Crippen LogP contribution >= 0.6 is 11.6 Å². The lowest BCUT2D eigenvalue weighted by Crippen LogP contribution is -2.66. The van der Waals surface area contributed by atoms with Crippen molar-refractivity contribution in [2.24, 2.45) is 5.92 Å². The Hall–Kier alpha value is -5.39. The number of amides is 1. The fourth-order valence-electron chi connectivity index (χ4n) is 10.5. The fourth-order valence-corrected chi connectivity index (χ4v) is 10.8. The lowest BCUT2D eigenvalue weighted by atomic mass is 9.88. The first-order valence-corrected chi connectivity index (χ1v) is 21.1. The second kappa shape index (κ2) is 15.1. The Morgan fingerprint density at radius 3 is 2.38 bits per heavy atom. The number of carbonyl (C=O) groups excluding carboxylic acids is 1. The Morgan fingerprint density at radius 1 is 0.937 bits per heavy atom. The molecule has 330 valence electrons. The summed E-state index contributed by atoms with van der Waals surface area (Å²) in [6, 6.07) is 13.3. The number of methoxy groups -OCH3 is 1. The minimum absolute atomic E-state index is 0.00916. The molecular formula is C45H40ClF6N5O6. The number of aromatic nitrogens is 2. The fraction of sp³-hybridized carbons (Fsp3) is 0.422. The smallest absolute Gasteiger partial charge is 0.438 e. The molecule has 1 spiro atoms. The molecule has 18 heteroatoms. The average molecular weight is 896 g/mol. The summed E-state index contributed by atoms with van der Waals surface area (Å²) >= 11 is 7.12. The third-order valence-corrected chi connectivity index (χ3v) is 13.7. The van der Waals surface area contributed by atoms with Gasteiger partial charge < -0.3 is 24.3 Å². The molecule has 0 radical (unpaired) electrons. The summed E-state index contributed by atoms with van der Waals surface area (Å²) in [5.74, 6) is -2.24. The van der Waals surface area contributed by atoms with Crippen molar-refractivity contribution in [2.75, 3.05) is 33.3 Å². The van der Waals surface area contributed by atoms with E-state index in [2.05, 4.69) is 15.3 Å². The highest BCUT2D eigenvalue weighted by Crippen LogP contribution is 2.51. The summed E-state index contributed by atoms with van der Waals surface area (Å²) in [4.78, 5) is 35.5. The lowest BCUT2D eigenvalue weighted by Gasteiger charge is -2.47. The van der Waals surface area contributed by atoms with Crippen LogP contribution < -0.4 is 14.8 Å². The second-order valence-corrected chi connectivity index (χ2v) is 17.6. The van der Waals surface area contributed by atoms with E-state index in [1.165, 1.54) is 7.11 Å². The van der Waals surface area contributed by atoms with Crippen molar-refractivity contribution in [3.05, 3.63) is 92.8 Å². The van der Waals surface area contributed by atoms with Crippen LogP contribution in [0, 0.1) is 5.92 Å². The summed E-state index contributed by atoms with van der Waals surface area (Å²) in [5.41, 5.74) is 0.812. The monoisotopic (exact) mass is 895 g/mol. The third kappa shape index (κ3) is 7.25. The number of hydrogen-bond acceptors (Lipinski definition) is 9. The van der Waals surface area contributed by atoms with Gasteiger partial charge >= 0.3 is 18.3 Å². The van der Waals surface area contributed by atoms with Crippen LogP contribution in [-0.2, 0) is 41.3 Å². The zero-order valence-corrected chi connectivity index (χ0v) is 34.5. The van der Waals surface area contributed by atoms with Gasteiger partial charge in [-0.2, -0.15) is 31.3 Å². The maximum Gasteiger partial charge on any atom is 0.438 e. The molecule has 5 heterocycles. The molecule has 3 aliphatic heterocycles. The van der Waals surface area contributed by atoms with Gasteiger partial charge in [0.25, 0.3) is 0 Å². The molecule has 2 N–H and O–H groups in total. The zero-order valence-electron chi connectivity index (χ0n) is 33.8.